The zero-order chi connectivity index (χ0) is 11.7. The van der Waals surface area contributed by atoms with Crippen LogP contribution in [0.5, 0.6) is 0 Å². The Morgan fingerprint density at radius 3 is 2.40 bits per heavy atom. The molecule has 0 fully saturated rings. The molecule has 3 nitrogen and oxygen atoms in total. The number of unbranched alkanes of at least 4 members (excludes halogenated alkanes) is 3. The fraction of sp³-hybridized carbons (Fsp3) is 0.917. The standard InChI is InChI=1S/C12H26N2O/c1-4-6-7-8-9-14-11(15)12(3,5-2)10-13/h4-10,13H2,1-3H3,(H,14,15). The molecule has 0 spiro atoms. The summed E-state index contributed by atoms with van der Waals surface area (Å²) in [7, 11) is 0. The average molecular weight is 214 g/mol. The Morgan fingerprint density at radius 2 is 1.93 bits per heavy atom. The summed E-state index contributed by atoms with van der Waals surface area (Å²) in [6, 6.07) is 0. The molecule has 0 bridgehead atoms. The second-order valence-electron chi connectivity index (χ2n) is 4.43. The van der Waals surface area contributed by atoms with Crippen molar-refractivity contribution >= 4 is 5.91 Å². The van der Waals surface area contributed by atoms with E-state index < -0.39 is 0 Å². The van der Waals surface area contributed by atoms with Gasteiger partial charge in [-0.1, -0.05) is 33.1 Å². The van der Waals surface area contributed by atoms with Crippen LogP contribution in [0.1, 0.15) is 52.9 Å². The second kappa shape index (κ2) is 7.69. The lowest BCUT2D eigenvalue weighted by Crippen LogP contribution is -2.43. The van der Waals surface area contributed by atoms with Gasteiger partial charge in [0.1, 0.15) is 0 Å². The maximum absolute atomic E-state index is 11.8. The first-order valence-corrected chi connectivity index (χ1v) is 6.09. The molecule has 0 radical (unpaired) electrons. The number of carbonyl (C=O) groups is 1. The van der Waals surface area contributed by atoms with Crippen molar-refractivity contribution in [3.8, 4) is 0 Å². The number of rotatable bonds is 8. The minimum absolute atomic E-state index is 0.101. The fourth-order valence-corrected chi connectivity index (χ4v) is 1.36. The number of hydrogen-bond donors (Lipinski definition) is 2. The van der Waals surface area contributed by atoms with Gasteiger partial charge >= 0.3 is 0 Å². The van der Waals surface area contributed by atoms with Crippen LogP contribution in [0.2, 0.25) is 0 Å². The molecule has 0 rings (SSSR count). The first-order valence-electron chi connectivity index (χ1n) is 6.09. The number of hydrogen-bond acceptors (Lipinski definition) is 2. The summed E-state index contributed by atoms with van der Waals surface area (Å²) in [6.07, 6.45) is 5.54. The third kappa shape index (κ3) is 5.17. The van der Waals surface area contributed by atoms with E-state index in [4.69, 9.17) is 5.73 Å². The van der Waals surface area contributed by atoms with Gasteiger partial charge in [0.15, 0.2) is 0 Å². The SMILES string of the molecule is CCCCCCNC(=O)C(C)(CC)CN. The molecule has 0 saturated carbocycles. The highest BCUT2D eigenvalue weighted by atomic mass is 16.2. The van der Waals surface area contributed by atoms with Crippen molar-refractivity contribution in [3.05, 3.63) is 0 Å². The summed E-state index contributed by atoms with van der Waals surface area (Å²) in [4.78, 5) is 11.8. The van der Waals surface area contributed by atoms with Crippen LogP contribution in [0.15, 0.2) is 0 Å². The number of nitrogens with one attached hydrogen (secondary N) is 1. The summed E-state index contributed by atoms with van der Waals surface area (Å²) in [5.41, 5.74) is 5.23. The topological polar surface area (TPSA) is 55.1 Å². The highest BCUT2D eigenvalue weighted by Gasteiger charge is 2.28. The Kier molecular flexibility index (Phi) is 7.39. The Bertz CT molecular complexity index is 176. The van der Waals surface area contributed by atoms with Crippen LogP contribution < -0.4 is 11.1 Å². The molecule has 15 heavy (non-hydrogen) atoms. The van der Waals surface area contributed by atoms with Gasteiger partial charge in [0, 0.05) is 13.1 Å². The minimum Gasteiger partial charge on any atom is -0.356 e. The van der Waals surface area contributed by atoms with Crippen molar-refractivity contribution in [1.82, 2.24) is 5.32 Å². The molecule has 1 atom stereocenters. The van der Waals surface area contributed by atoms with Gasteiger partial charge in [0.2, 0.25) is 5.91 Å². The summed E-state index contributed by atoms with van der Waals surface area (Å²) >= 11 is 0. The largest absolute Gasteiger partial charge is 0.356 e. The molecule has 0 aliphatic heterocycles. The Balaban J connectivity index is 3.73. The average Bonchev–Trinajstić information content (AvgIpc) is 2.27. The smallest absolute Gasteiger partial charge is 0.227 e. The quantitative estimate of drug-likeness (QED) is 0.608. The summed E-state index contributed by atoms with van der Waals surface area (Å²) in [5.74, 6) is 0.101. The minimum atomic E-state index is -0.384. The van der Waals surface area contributed by atoms with Gasteiger partial charge in [0.05, 0.1) is 5.41 Å². The molecule has 0 aliphatic rings. The zero-order valence-corrected chi connectivity index (χ0v) is 10.4. The molecule has 0 aromatic heterocycles. The zero-order valence-electron chi connectivity index (χ0n) is 10.4. The summed E-state index contributed by atoms with van der Waals surface area (Å²) in [5, 5.41) is 2.97. The highest BCUT2D eigenvalue weighted by Crippen LogP contribution is 2.18. The lowest BCUT2D eigenvalue weighted by atomic mass is 9.86. The van der Waals surface area contributed by atoms with Crippen LogP contribution in [-0.4, -0.2) is 19.0 Å². The van der Waals surface area contributed by atoms with E-state index in [1.165, 1.54) is 19.3 Å². The van der Waals surface area contributed by atoms with Crippen molar-refractivity contribution in [2.45, 2.75) is 52.9 Å². The molecule has 90 valence electrons. The summed E-state index contributed by atoms with van der Waals surface area (Å²) < 4.78 is 0. The molecule has 3 heteroatoms. The van der Waals surface area contributed by atoms with E-state index in [0.29, 0.717) is 6.54 Å². The third-order valence-corrected chi connectivity index (χ3v) is 3.09. The molecule has 0 aromatic carbocycles. The number of amides is 1. The van der Waals surface area contributed by atoms with E-state index in [9.17, 15) is 4.79 Å². The van der Waals surface area contributed by atoms with Gasteiger partial charge in [0.25, 0.3) is 0 Å². The lowest BCUT2D eigenvalue weighted by Gasteiger charge is -2.24. The van der Waals surface area contributed by atoms with E-state index in [-0.39, 0.29) is 11.3 Å². The third-order valence-electron chi connectivity index (χ3n) is 3.09. The van der Waals surface area contributed by atoms with Crippen LogP contribution in [0.4, 0.5) is 0 Å². The molecule has 0 heterocycles. The van der Waals surface area contributed by atoms with Gasteiger partial charge in [-0.25, -0.2) is 0 Å². The molecular formula is C12H26N2O. The van der Waals surface area contributed by atoms with Crippen molar-refractivity contribution in [2.75, 3.05) is 13.1 Å². The molecule has 0 saturated heterocycles. The van der Waals surface area contributed by atoms with Gasteiger partial charge in [-0.2, -0.15) is 0 Å². The van der Waals surface area contributed by atoms with Crippen molar-refractivity contribution in [1.29, 1.82) is 0 Å². The molecule has 1 unspecified atom stereocenters. The van der Waals surface area contributed by atoms with E-state index in [2.05, 4.69) is 12.2 Å². The molecule has 1 amide bonds. The van der Waals surface area contributed by atoms with Gasteiger partial charge in [-0.15, -0.1) is 0 Å². The Hall–Kier alpha value is -0.570. The molecule has 0 aromatic rings. The molecule has 0 aliphatic carbocycles. The molecular weight excluding hydrogens is 188 g/mol. The first kappa shape index (κ1) is 14.4. The second-order valence-corrected chi connectivity index (χ2v) is 4.43. The highest BCUT2D eigenvalue weighted by molar-refractivity contribution is 5.82. The fourth-order valence-electron chi connectivity index (χ4n) is 1.36. The van der Waals surface area contributed by atoms with E-state index in [1.54, 1.807) is 0 Å². The normalized spacial score (nSPS) is 14.7. The number of carbonyl (C=O) groups excluding carboxylic acids is 1. The van der Waals surface area contributed by atoms with Crippen molar-refractivity contribution in [3.63, 3.8) is 0 Å². The maximum atomic E-state index is 11.8. The monoisotopic (exact) mass is 214 g/mol. The van der Waals surface area contributed by atoms with Crippen LogP contribution >= 0.6 is 0 Å². The van der Waals surface area contributed by atoms with E-state index in [0.717, 1.165) is 19.4 Å². The van der Waals surface area contributed by atoms with E-state index >= 15 is 0 Å². The van der Waals surface area contributed by atoms with E-state index in [1.807, 2.05) is 13.8 Å². The lowest BCUT2D eigenvalue weighted by molar-refractivity contribution is -0.129. The van der Waals surface area contributed by atoms with Crippen LogP contribution in [0, 0.1) is 5.41 Å². The van der Waals surface area contributed by atoms with Crippen LogP contribution in [0.25, 0.3) is 0 Å². The van der Waals surface area contributed by atoms with Crippen LogP contribution in [0.3, 0.4) is 0 Å². The summed E-state index contributed by atoms with van der Waals surface area (Å²) in [6.45, 7) is 7.32. The Labute approximate surface area is 93.8 Å². The molecule has 3 N–H and O–H groups in total. The first-order chi connectivity index (χ1) is 7.10. The predicted molar refractivity (Wildman–Crippen MR) is 64.6 cm³/mol. The van der Waals surface area contributed by atoms with Gasteiger partial charge in [-0.05, 0) is 19.8 Å². The van der Waals surface area contributed by atoms with Crippen molar-refractivity contribution < 1.29 is 4.79 Å². The maximum Gasteiger partial charge on any atom is 0.227 e. The number of nitrogens with two attached hydrogens (primary N) is 1. The van der Waals surface area contributed by atoms with Crippen molar-refractivity contribution in [2.24, 2.45) is 11.1 Å². The Morgan fingerprint density at radius 1 is 1.27 bits per heavy atom. The van der Waals surface area contributed by atoms with Gasteiger partial charge < -0.3 is 11.1 Å². The predicted octanol–water partition coefficient (Wildman–Crippen LogP) is 2.06. The van der Waals surface area contributed by atoms with Crippen LogP contribution in [-0.2, 0) is 4.79 Å². The van der Waals surface area contributed by atoms with Gasteiger partial charge in [-0.3, -0.25) is 4.79 Å².